The lowest BCUT2D eigenvalue weighted by Crippen LogP contribution is -2.55. The first-order valence-electron chi connectivity index (χ1n) is 10.5. The molecule has 188 valence electrons. The summed E-state index contributed by atoms with van der Waals surface area (Å²) in [4.78, 5) is 0.741. The summed E-state index contributed by atoms with van der Waals surface area (Å²) in [6.07, 6.45) is -3.08. The average Bonchev–Trinajstić information content (AvgIpc) is 3.30. The molecule has 1 saturated heterocycles. The molecule has 4 rings (SSSR count). The maximum absolute atomic E-state index is 14.6. The molecule has 0 bridgehead atoms. The molecular weight excluding hydrogens is 492 g/mol. The predicted molar refractivity (Wildman–Crippen MR) is 119 cm³/mol. The number of benzene rings is 2. The van der Waals surface area contributed by atoms with Gasteiger partial charge in [0, 0.05) is 11.9 Å². The van der Waals surface area contributed by atoms with Gasteiger partial charge in [-0.1, -0.05) is 34.7 Å². The fourth-order valence-corrected chi connectivity index (χ4v) is 4.90. The molecule has 8 nitrogen and oxygen atoms in total. The number of rotatable bonds is 6. The van der Waals surface area contributed by atoms with Gasteiger partial charge in [-0.15, -0.1) is 5.10 Å². The van der Waals surface area contributed by atoms with Crippen molar-refractivity contribution in [1.29, 1.82) is 0 Å². The highest BCUT2D eigenvalue weighted by molar-refractivity contribution is 7.99. The monoisotopic (exact) mass is 514 g/mol. The smallest absolute Gasteiger partial charge is 0.185 e. The number of hydrogen-bond acceptors (Lipinski definition) is 8. The quantitative estimate of drug-likeness (QED) is 0.294. The second kappa shape index (κ2) is 10.1. The van der Waals surface area contributed by atoms with E-state index in [2.05, 4.69) is 15.6 Å². The molecule has 0 spiro atoms. The van der Waals surface area contributed by atoms with Crippen LogP contribution in [-0.2, 0) is 4.74 Å². The molecule has 0 unspecified atom stereocenters. The van der Waals surface area contributed by atoms with Gasteiger partial charge in [0.05, 0.1) is 18.4 Å². The van der Waals surface area contributed by atoms with Crippen LogP contribution in [0.4, 0.5) is 23.2 Å². The summed E-state index contributed by atoms with van der Waals surface area (Å²) in [5.41, 5.74) is -2.58. The Morgan fingerprint density at radius 2 is 1.66 bits per heavy atom. The number of aromatic nitrogens is 3. The zero-order valence-electron chi connectivity index (χ0n) is 18.5. The maximum atomic E-state index is 14.6. The highest BCUT2D eigenvalue weighted by atomic mass is 32.2. The third kappa shape index (κ3) is 4.61. The fraction of sp³-hybridized carbons (Fsp3) is 0.364. The van der Waals surface area contributed by atoms with Gasteiger partial charge in [-0.3, -0.25) is 0 Å². The van der Waals surface area contributed by atoms with E-state index in [1.165, 1.54) is 0 Å². The van der Waals surface area contributed by atoms with Gasteiger partial charge in [0.15, 0.2) is 23.3 Å². The van der Waals surface area contributed by atoms with Crippen LogP contribution in [0.25, 0.3) is 11.3 Å². The number of thioether (sulfide) groups is 1. The predicted octanol–water partition coefficient (Wildman–Crippen LogP) is 2.62. The van der Waals surface area contributed by atoms with Crippen LogP contribution in [0, 0.1) is 30.2 Å². The molecule has 1 aromatic heterocycles. The molecule has 0 saturated carbocycles. The van der Waals surface area contributed by atoms with Crippen molar-refractivity contribution < 1.29 is 37.6 Å². The topological polar surface area (TPSA) is 113 Å². The van der Waals surface area contributed by atoms with Gasteiger partial charge < -0.3 is 25.4 Å². The molecule has 0 amide bonds. The number of aliphatic hydroxyl groups is 3. The summed E-state index contributed by atoms with van der Waals surface area (Å²) in [6, 6.07) is 6.07. The van der Waals surface area contributed by atoms with Crippen LogP contribution in [0.5, 0.6) is 0 Å². The zero-order chi connectivity index (χ0) is 25.4. The molecule has 1 aliphatic heterocycles. The first kappa shape index (κ1) is 25.4. The van der Waals surface area contributed by atoms with Gasteiger partial charge in [0.1, 0.15) is 41.2 Å². The highest BCUT2D eigenvalue weighted by Gasteiger charge is 2.46. The third-order valence-electron chi connectivity index (χ3n) is 5.71. The summed E-state index contributed by atoms with van der Waals surface area (Å²) < 4.78 is 64.2. The van der Waals surface area contributed by atoms with E-state index >= 15 is 0 Å². The molecule has 1 aliphatic rings. The van der Waals surface area contributed by atoms with E-state index in [0.29, 0.717) is 0 Å². The number of hydrogen-bond donors (Lipinski definition) is 4. The lowest BCUT2D eigenvalue weighted by molar-refractivity contribution is -0.178. The van der Waals surface area contributed by atoms with Gasteiger partial charge >= 0.3 is 0 Å². The van der Waals surface area contributed by atoms with Crippen LogP contribution in [-0.4, -0.2) is 67.7 Å². The Morgan fingerprint density at radius 1 is 1.03 bits per heavy atom. The molecule has 1 fully saturated rings. The van der Waals surface area contributed by atoms with Crippen molar-refractivity contribution in [2.75, 3.05) is 19.0 Å². The Bertz CT molecular complexity index is 1180. The van der Waals surface area contributed by atoms with E-state index in [1.807, 2.05) is 19.1 Å². The molecule has 2 aromatic carbocycles. The van der Waals surface area contributed by atoms with Crippen LogP contribution in [0.15, 0.2) is 35.4 Å². The number of anilines is 1. The van der Waals surface area contributed by atoms with Gasteiger partial charge in [-0.2, -0.15) is 0 Å². The number of aliphatic hydroxyl groups excluding tert-OH is 3. The SMILES string of the molecule is CNc1c(F)c(F)c(-c2cn([C@H]3[C@@H](O)[C@@H](CO)O[C@@H](Sc4ccc(C)cc4)[C@@H]3O)nn2)c(F)c1F. The van der Waals surface area contributed by atoms with Crippen molar-refractivity contribution in [1.82, 2.24) is 15.0 Å². The summed E-state index contributed by atoms with van der Waals surface area (Å²) in [5.74, 6) is -6.65. The number of nitrogens with zero attached hydrogens (tertiary/aromatic N) is 3. The Morgan fingerprint density at radius 3 is 2.23 bits per heavy atom. The van der Waals surface area contributed by atoms with Crippen LogP contribution in [0.1, 0.15) is 11.6 Å². The molecule has 35 heavy (non-hydrogen) atoms. The van der Waals surface area contributed by atoms with Crippen molar-refractivity contribution in [3.8, 4) is 11.3 Å². The first-order valence-corrected chi connectivity index (χ1v) is 11.4. The van der Waals surface area contributed by atoms with Gasteiger partial charge in [-0.05, 0) is 19.1 Å². The van der Waals surface area contributed by atoms with E-state index in [0.717, 1.165) is 40.1 Å². The largest absolute Gasteiger partial charge is 0.394 e. The van der Waals surface area contributed by atoms with Crippen LogP contribution in [0.2, 0.25) is 0 Å². The van der Waals surface area contributed by atoms with E-state index in [4.69, 9.17) is 4.74 Å². The first-order chi connectivity index (χ1) is 16.7. The lowest BCUT2D eigenvalue weighted by atomic mass is 9.97. The van der Waals surface area contributed by atoms with Gasteiger partial charge in [0.2, 0.25) is 0 Å². The van der Waals surface area contributed by atoms with Crippen LogP contribution >= 0.6 is 11.8 Å². The molecular formula is C22H22F4N4O4S. The Balaban J connectivity index is 1.69. The number of nitrogens with one attached hydrogen (secondary N) is 1. The third-order valence-corrected chi connectivity index (χ3v) is 6.87. The minimum atomic E-state index is -1.69. The second-order valence-corrected chi connectivity index (χ2v) is 9.14. The number of aryl methyl sites for hydroxylation is 1. The lowest BCUT2D eigenvalue weighted by Gasteiger charge is -2.41. The maximum Gasteiger partial charge on any atom is 0.185 e. The van der Waals surface area contributed by atoms with Crippen LogP contribution in [0.3, 0.4) is 0 Å². The minimum absolute atomic E-state index is 0.561. The normalized spacial score (nSPS) is 24.5. The fourth-order valence-electron chi connectivity index (χ4n) is 3.84. The molecule has 3 aromatic rings. The van der Waals surface area contributed by atoms with Gasteiger partial charge in [-0.25, -0.2) is 22.2 Å². The zero-order valence-corrected chi connectivity index (χ0v) is 19.3. The van der Waals surface area contributed by atoms with Crippen molar-refractivity contribution in [2.45, 2.75) is 41.6 Å². The summed E-state index contributed by atoms with van der Waals surface area (Å²) in [7, 11) is 1.10. The number of ether oxygens (including phenoxy) is 1. The standard InChI is InChI=1S/C22H22F4N4O4S/c1-9-3-5-10(6-4-9)35-22-21(33)19(20(32)12(8-31)34-22)30-7-11(28-29-30)13-14(23)16(25)18(27-2)17(26)15(13)24/h3-7,12,19-22,27,31-33H,8H2,1-2H3/t12-,19+,20+,21-,22+/m1/s1. The molecule has 0 aliphatic carbocycles. The Kier molecular flexibility index (Phi) is 7.33. The van der Waals surface area contributed by atoms with Crippen molar-refractivity contribution in [2.24, 2.45) is 0 Å². The minimum Gasteiger partial charge on any atom is -0.394 e. The molecule has 0 radical (unpaired) electrons. The average molecular weight is 515 g/mol. The second-order valence-electron chi connectivity index (χ2n) is 7.97. The van der Waals surface area contributed by atoms with Gasteiger partial charge in [0.25, 0.3) is 0 Å². The highest BCUT2D eigenvalue weighted by Crippen LogP contribution is 2.39. The number of halogens is 4. The molecule has 5 atom stereocenters. The summed E-state index contributed by atoms with van der Waals surface area (Å²) >= 11 is 1.13. The van der Waals surface area contributed by atoms with E-state index in [-0.39, 0.29) is 0 Å². The summed E-state index contributed by atoms with van der Waals surface area (Å²) in [5, 5.41) is 40.8. The van der Waals surface area contributed by atoms with Crippen molar-refractivity contribution in [3.63, 3.8) is 0 Å². The van der Waals surface area contributed by atoms with Crippen molar-refractivity contribution >= 4 is 17.4 Å². The van der Waals surface area contributed by atoms with Crippen molar-refractivity contribution in [3.05, 3.63) is 59.3 Å². The molecule has 13 heteroatoms. The van der Waals surface area contributed by atoms with E-state index < -0.39 is 76.6 Å². The van der Waals surface area contributed by atoms with E-state index in [1.54, 1.807) is 12.1 Å². The Labute approximate surface area is 201 Å². The summed E-state index contributed by atoms with van der Waals surface area (Å²) in [6.45, 7) is 1.31. The van der Waals surface area contributed by atoms with Crippen LogP contribution < -0.4 is 5.32 Å². The Hall–Kier alpha value is -2.71. The molecule has 4 N–H and O–H groups in total. The molecule has 2 heterocycles. The van der Waals surface area contributed by atoms with E-state index in [9.17, 15) is 32.9 Å².